The van der Waals surface area contributed by atoms with Crippen molar-refractivity contribution in [3.8, 4) is 0 Å². The highest BCUT2D eigenvalue weighted by atomic mass is 16.2. The van der Waals surface area contributed by atoms with Crippen LogP contribution in [0, 0.1) is 5.92 Å². The first kappa shape index (κ1) is 31.9. The second-order valence-electron chi connectivity index (χ2n) is 10.2. The SMILES string of the molecule is CCCCCCCCC(C(=O)N(C)CCCCCCCC)C(=O)N(C)CCCCCCCC. The molecule has 0 aromatic rings. The third-order valence-corrected chi connectivity index (χ3v) is 6.89. The summed E-state index contributed by atoms with van der Waals surface area (Å²) in [4.78, 5) is 30.2. The molecule has 0 aromatic carbocycles. The molecule has 0 saturated heterocycles. The quantitative estimate of drug-likeness (QED) is 0.113. The van der Waals surface area contributed by atoms with Gasteiger partial charge in [-0.05, 0) is 19.3 Å². The van der Waals surface area contributed by atoms with Crippen LogP contribution in [-0.2, 0) is 9.59 Å². The number of hydrogen-bond donors (Lipinski definition) is 0. The van der Waals surface area contributed by atoms with Crippen LogP contribution < -0.4 is 0 Å². The number of carbonyl (C=O) groups is 2. The molecule has 4 heteroatoms. The molecule has 0 aliphatic heterocycles. The summed E-state index contributed by atoms with van der Waals surface area (Å²) in [5, 5.41) is 0. The minimum atomic E-state index is -0.494. The van der Waals surface area contributed by atoms with Crippen molar-refractivity contribution in [2.24, 2.45) is 5.92 Å². The summed E-state index contributed by atoms with van der Waals surface area (Å²) in [7, 11) is 3.78. The molecule has 2 amide bonds. The molecule has 0 fully saturated rings. The molecule has 0 atom stereocenters. The molecule has 0 aliphatic carbocycles. The molecule has 0 rings (SSSR count). The van der Waals surface area contributed by atoms with E-state index in [0.29, 0.717) is 6.42 Å². The molecule has 0 heterocycles. The van der Waals surface area contributed by atoms with Gasteiger partial charge in [-0.3, -0.25) is 9.59 Å². The largest absolute Gasteiger partial charge is 0.345 e. The number of unbranched alkanes of at least 4 members (excludes halogenated alkanes) is 15. The van der Waals surface area contributed by atoms with Crippen LogP contribution in [0.1, 0.15) is 143 Å². The van der Waals surface area contributed by atoms with Gasteiger partial charge in [0, 0.05) is 27.2 Å². The van der Waals surface area contributed by atoms with Gasteiger partial charge < -0.3 is 9.80 Å². The summed E-state index contributed by atoms with van der Waals surface area (Å²) < 4.78 is 0. The van der Waals surface area contributed by atoms with E-state index >= 15 is 0 Å². The van der Waals surface area contributed by atoms with Crippen molar-refractivity contribution < 1.29 is 9.59 Å². The molecule has 0 radical (unpaired) electrons. The van der Waals surface area contributed by atoms with Crippen LogP contribution in [0.15, 0.2) is 0 Å². The van der Waals surface area contributed by atoms with Crippen molar-refractivity contribution >= 4 is 11.8 Å². The Morgan fingerprint density at radius 2 is 0.788 bits per heavy atom. The fraction of sp³-hybridized carbons (Fsp3) is 0.931. The van der Waals surface area contributed by atoms with Crippen molar-refractivity contribution in [1.29, 1.82) is 0 Å². The first-order valence-corrected chi connectivity index (χ1v) is 14.5. The van der Waals surface area contributed by atoms with Crippen molar-refractivity contribution in [1.82, 2.24) is 9.80 Å². The fourth-order valence-corrected chi connectivity index (χ4v) is 4.49. The van der Waals surface area contributed by atoms with E-state index in [1.807, 2.05) is 23.9 Å². The third-order valence-electron chi connectivity index (χ3n) is 6.89. The molecule has 0 aromatic heterocycles. The molecule has 0 aliphatic rings. The standard InChI is InChI=1S/C29H58N2O2/c1-6-9-12-15-18-21-24-27(28(32)30(4)25-22-19-16-13-10-7-2)29(33)31(5)26-23-20-17-14-11-8-3/h27H,6-26H2,1-5H3. The van der Waals surface area contributed by atoms with E-state index in [-0.39, 0.29) is 11.8 Å². The van der Waals surface area contributed by atoms with Gasteiger partial charge in [0.25, 0.3) is 0 Å². The molecular weight excluding hydrogens is 408 g/mol. The van der Waals surface area contributed by atoms with Gasteiger partial charge >= 0.3 is 0 Å². The van der Waals surface area contributed by atoms with E-state index in [4.69, 9.17) is 0 Å². The highest BCUT2D eigenvalue weighted by Gasteiger charge is 2.30. The Morgan fingerprint density at radius 3 is 1.15 bits per heavy atom. The summed E-state index contributed by atoms with van der Waals surface area (Å²) in [6.07, 6.45) is 22.4. The zero-order valence-electron chi connectivity index (χ0n) is 23.1. The van der Waals surface area contributed by atoms with Crippen LogP contribution in [0.25, 0.3) is 0 Å². The summed E-state index contributed by atoms with van der Waals surface area (Å²) in [5.41, 5.74) is 0. The predicted octanol–water partition coefficient (Wildman–Crippen LogP) is 7.99. The molecule has 0 unspecified atom stereocenters. The molecular formula is C29H58N2O2. The Labute approximate surface area is 207 Å². The number of nitrogens with zero attached hydrogens (tertiary/aromatic N) is 2. The molecule has 4 nitrogen and oxygen atoms in total. The maximum atomic E-state index is 13.2. The predicted molar refractivity (Wildman–Crippen MR) is 144 cm³/mol. The molecule has 0 saturated carbocycles. The maximum absolute atomic E-state index is 13.2. The van der Waals surface area contributed by atoms with Gasteiger partial charge in [-0.15, -0.1) is 0 Å². The Bertz CT molecular complexity index is 433. The van der Waals surface area contributed by atoms with Gasteiger partial charge in [-0.2, -0.15) is 0 Å². The first-order chi connectivity index (χ1) is 16.0. The number of rotatable bonds is 23. The van der Waals surface area contributed by atoms with E-state index < -0.39 is 5.92 Å². The lowest BCUT2D eigenvalue weighted by molar-refractivity contribution is -0.146. The average molecular weight is 467 g/mol. The van der Waals surface area contributed by atoms with E-state index in [9.17, 15) is 9.59 Å². The van der Waals surface area contributed by atoms with Crippen LogP contribution in [0.2, 0.25) is 0 Å². The van der Waals surface area contributed by atoms with Crippen molar-refractivity contribution in [3.63, 3.8) is 0 Å². The molecule has 196 valence electrons. The average Bonchev–Trinajstić information content (AvgIpc) is 2.82. The molecule has 0 N–H and O–H groups in total. The van der Waals surface area contributed by atoms with E-state index in [1.54, 1.807) is 0 Å². The van der Waals surface area contributed by atoms with Crippen molar-refractivity contribution in [3.05, 3.63) is 0 Å². The summed E-state index contributed by atoms with van der Waals surface area (Å²) in [5.74, 6) is -0.416. The van der Waals surface area contributed by atoms with E-state index in [2.05, 4.69) is 20.8 Å². The second kappa shape index (κ2) is 22.7. The minimum absolute atomic E-state index is 0.0388. The van der Waals surface area contributed by atoms with Gasteiger partial charge in [0.15, 0.2) is 0 Å². The van der Waals surface area contributed by atoms with Crippen LogP contribution in [0.3, 0.4) is 0 Å². The third kappa shape index (κ3) is 17.1. The lowest BCUT2D eigenvalue weighted by Crippen LogP contribution is -2.43. The summed E-state index contributed by atoms with van der Waals surface area (Å²) in [6.45, 7) is 8.24. The maximum Gasteiger partial charge on any atom is 0.234 e. The minimum Gasteiger partial charge on any atom is -0.345 e. The number of carbonyl (C=O) groups excluding carboxylic acids is 2. The lowest BCUT2D eigenvalue weighted by Gasteiger charge is -2.27. The van der Waals surface area contributed by atoms with Crippen LogP contribution in [-0.4, -0.2) is 48.8 Å². The number of hydrogen-bond acceptors (Lipinski definition) is 2. The Hall–Kier alpha value is -1.06. The topological polar surface area (TPSA) is 40.6 Å². The smallest absolute Gasteiger partial charge is 0.234 e. The second-order valence-corrected chi connectivity index (χ2v) is 10.2. The first-order valence-electron chi connectivity index (χ1n) is 14.5. The Morgan fingerprint density at radius 1 is 0.485 bits per heavy atom. The normalized spacial score (nSPS) is 11.2. The van der Waals surface area contributed by atoms with Gasteiger partial charge in [-0.25, -0.2) is 0 Å². The zero-order chi connectivity index (χ0) is 24.7. The monoisotopic (exact) mass is 466 g/mol. The summed E-state index contributed by atoms with van der Waals surface area (Å²) >= 11 is 0. The lowest BCUT2D eigenvalue weighted by atomic mass is 9.97. The van der Waals surface area contributed by atoms with Crippen molar-refractivity contribution in [2.45, 2.75) is 143 Å². The van der Waals surface area contributed by atoms with Crippen LogP contribution in [0.4, 0.5) is 0 Å². The van der Waals surface area contributed by atoms with E-state index in [1.165, 1.54) is 89.9 Å². The zero-order valence-corrected chi connectivity index (χ0v) is 23.1. The highest BCUT2D eigenvalue weighted by Crippen LogP contribution is 2.18. The summed E-state index contributed by atoms with van der Waals surface area (Å²) in [6, 6.07) is 0. The Kier molecular flexibility index (Phi) is 22.0. The van der Waals surface area contributed by atoms with Crippen molar-refractivity contribution in [2.75, 3.05) is 27.2 Å². The van der Waals surface area contributed by atoms with Crippen LogP contribution >= 0.6 is 0 Å². The Balaban J connectivity index is 4.65. The van der Waals surface area contributed by atoms with Gasteiger partial charge in [0.05, 0.1) is 0 Å². The molecule has 0 bridgehead atoms. The van der Waals surface area contributed by atoms with Gasteiger partial charge in [0.2, 0.25) is 11.8 Å². The fourth-order valence-electron chi connectivity index (χ4n) is 4.49. The van der Waals surface area contributed by atoms with Gasteiger partial charge in [0.1, 0.15) is 5.92 Å². The van der Waals surface area contributed by atoms with Gasteiger partial charge in [-0.1, -0.05) is 124 Å². The molecule has 33 heavy (non-hydrogen) atoms. The number of amides is 2. The highest BCUT2D eigenvalue weighted by molar-refractivity contribution is 6.00. The van der Waals surface area contributed by atoms with E-state index in [0.717, 1.165) is 38.8 Å². The van der Waals surface area contributed by atoms with Crippen LogP contribution in [0.5, 0.6) is 0 Å². The molecule has 0 spiro atoms.